The predicted octanol–water partition coefficient (Wildman–Crippen LogP) is 3.86. The summed E-state index contributed by atoms with van der Waals surface area (Å²) in [6.45, 7) is 5.18. The average Bonchev–Trinajstić information content (AvgIpc) is 3.49. The van der Waals surface area contributed by atoms with Crippen LogP contribution in [0.3, 0.4) is 0 Å². The van der Waals surface area contributed by atoms with Crippen molar-refractivity contribution in [3.63, 3.8) is 0 Å². The molecule has 1 fully saturated rings. The molecule has 8 nitrogen and oxygen atoms in total. The fraction of sp³-hybridized carbons (Fsp3) is 0.231. The number of piperazine rings is 1. The van der Waals surface area contributed by atoms with Gasteiger partial charge < -0.3 is 25.1 Å². The summed E-state index contributed by atoms with van der Waals surface area (Å²) in [7, 11) is 0. The molecule has 0 saturated carbocycles. The van der Waals surface area contributed by atoms with E-state index in [0.29, 0.717) is 12.2 Å². The Balaban J connectivity index is 0.000000314. The summed E-state index contributed by atoms with van der Waals surface area (Å²) in [5.74, 6) is -2.68. The number of H-pyrrole nitrogens is 2. The summed E-state index contributed by atoms with van der Waals surface area (Å²) in [6.07, 6.45) is 6.09. The second kappa shape index (κ2) is 10.9. The number of halogens is 1. The number of hydrogen-bond donors (Lipinski definition) is 4. The van der Waals surface area contributed by atoms with Crippen molar-refractivity contribution < 1.29 is 24.2 Å². The first-order valence-electron chi connectivity index (χ1n) is 11.3. The van der Waals surface area contributed by atoms with E-state index in [1.54, 1.807) is 6.07 Å². The zero-order valence-electron chi connectivity index (χ0n) is 19.1. The van der Waals surface area contributed by atoms with E-state index < -0.39 is 11.9 Å². The standard InChI is InChI=1S/C22H23FN4.C4H4O4/c23-17-4-5-21-19(14-17)16(15-25-21)7-9-26-10-12-27(13-11-26)22-3-1-2-20-18(22)6-8-24-20;5-3(6)1-2-4(7)8/h1-6,8,14-15,24-25H,7,9-13H2;1-2H,(H,5,6)(H,7,8)/b;2-1+. The van der Waals surface area contributed by atoms with Crippen LogP contribution in [-0.4, -0.2) is 69.7 Å². The molecule has 0 atom stereocenters. The smallest absolute Gasteiger partial charge is 0.328 e. The number of aromatic amines is 2. The van der Waals surface area contributed by atoms with E-state index in [0.717, 1.165) is 50.0 Å². The van der Waals surface area contributed by atoms with Crippen molar-refractivity contribution in [3.05, 3.63) is 78.4 Å². The van der Waals surface area contributed by atoms with Gasteiger partial charge in [0.15, 0.2) is 0 Å². The zero-order chi connectivity index (χ0) is 24.8. The number of carboxylic acid groups (broad SMARTS) is 2. The summed E-state index contributed by atoms with van der Waals surface area (Å²) in [5.41, 5.74) is 4.72. The van der Waals surface area contributed by atoms with Gasteiger partial charge in [0.1, 0.15) is 5.82 Å². The van der Waals surface area contributed by atoms with Crippen molar-refractivity contribution >= 4 is 39.4 Å². The minimum absolute atomic E-state index is 0.170. The molecule has 182 valence electrons. The molecule has 0 amide bonds. The van der Waals surface area contributed by atoms with Gasteiger partial charge in [-0.3, -0.25) is 4.90 Å². The fourth-order valence-corrected chi connectivity index (χ4v) is 4.34. The molecule has 5 rings (SSSR count). The minimum Gasteiger partial charge on any atom is -0.478 e. The first-order valence-corrected chi connectivity index (χ1v) is 11.3. The summed E-state index contributed by atoms with van der Waals surface area (Å²) in [6, 6.07) is 13.6. The van der Waals surface area contributed by atoms with Gasteiger partial charge in [-0.15, -0.1) is 0 Å². The molecule has 3 heterocycles. The van der Waals surface area contributed by atoms with E-state index in [9.17, 15) is 14.0 Å². The fourth-order valence-electron chi connectivity index (χ4n) is 4.34. The summed E-state index contributed by atoms with van der Waals surface area (Å²) in [4.78, 5) is 30.6. The maximum absolute atomic E-state index is 13.5. The van der Waals surface area contributed by atoms with Gasteiger partial charge in [0, 0.05) is 84.8 Å². The van der Waals surface area contributed by atoms with E-state index in [1.165, 1.54) is 28.2 Å². The first kappa shape index (κ1) is 24.0. The van der Waals surface area contributed by atoms with Crippen LogP contribution in [0.2, 0.25) is 0 Å². The van der Waals surface area contributed by atoms with E-state index in [-0.39, 0.29) is 5.82 Å². The van der Waals surface area contributed by atoms with Gasteiger partial charge in [-0.05, 0) is 48.4 Å². The second-order valence-electron chi connectivity index (χ2n) is 8.31. The van der Waals surface area contributed by atoms with Crippen LogP contribution in [0.25, 0.3) is 21.8 Å². The molecular weight excluding hydrogens is 451 g/mol. The van der Waals surface area contributed by atoms with Crippen molar-refractivity contribution in [2.75, 3.05) is 37.6 Å². The zero-order valence-corrected chi connectivity index (χ0v) is 19.1. The van der Waals surface area contributed by atoms with Gasteiger partial charge in [-0.1, -0.05) is 6.07 Å². The molecule has 9 heteroatoms. The van der Waals surface area contributed by atoms with E-state index in [2.05, 4.69) is 44.0 Å². The number of fused-ring (bicyclic) bond motifs is 2. The lowest BCUT2D eigenvalue weighted by atomic mass is 10.1. The monoisotopic (exact) mass is 478 g/mol. The highest BCUT2D eigenvalue weighted by molar-refractivity contribution is 5.92. The van der Waals surface area contributed by atoms with Crippen LogP contribution < -0.4 is 4.90 Å². The third-order valence-corrected chi connectivity index (χ3v) is 6.08. The molecular formula is C26H27FN4O4. The number of anilines is 1. The maximum atomic E-state index is 13.5. The number of carboxylic acids is 2. The number of aliphatic carboxylic acids is 2. The molecule has 0 aliphatic carbocycles. The quantitative estimate of drug-likeness (QED) is 0.313. The molecule has 35 heavy (non-hydrogen) atoms. The van der Waals surface area contributed by atoms with Gasteiger partial charge in [0.05, 0.1) is 0 Å². The Morgan fingerprint density at radius 1 is 0.914 bits per heavy atom. The van der Waals surface area contributed by atoms with Crippen LogP contribution in [0, 0.1) is 5.82 Å². The Morgan fingerprint density at radius 2 is 1.63 bits per heavy atom. The third-order valence-electron chi connectivity index (χ3n) is 6.08. The number of rotatable bonds is 6. The first-order chi connectivity index (χ1) is 16.9. The Kier molecular flexibility index (Phi) is 7.47. The average molecular weight is 479 g/mol. The highest BCUT2D eigenvalue weighted by Gasteiger charge is 2.19. The van der Waals surface area contributed by atoms with Crippen LogP contribution in [0.5, 0.6) is 0 Å². The van der Waals surface area contributed by atoms with Gasteiger partial charge in [0.25, 0.3) is 0 Å². The number of aromatic nitrogens is 2. The van der Waals surface area contributed by atoms with Crippen molar-refractivity contribution in [2.45, 2.75) is 6.42 Å². The highest BCUT2D eigenvalue weighted by atomic mass is 19.1. The largest absolute Gasteiger partial charge is 0.478 e. The molecule has 2 aromatic heterocycles. The van der Waals surface area contributed by atoms with Crippen LogP contribution in [0.1, 0.15) is 5.56 Å². The molecule has 1 saturated heterocycles. The molecule has 1 aliphatic rings. The number of hydrogen-bond acceptors (Lipinski definition) is 4. The Bertz CT molecular complexity index is 1340. The maximum Gasteiger partial charge on any atom is 0.328 e. The van der Waals surface area contributed by atoms with Crippen LogP contribution in [0.4, 0.5) is 10.1 Å². The molecule has 0 radical (unpaired) electrons. The molecule has 4 N–H and O–H groups in total. The lowest BCUT2D eigenvalue weighted by molar-refractivity contribution is -0.134. The summed E-state index contributed by atoms with van der Waals surface area (Å²) in [5, 5.41) is 17.9. The van der Waals surface area contributed by atoms with E-state index in [4.69, 9.17) is 10.2 Å². The Hall–Kier alpha value is -4.11. The number of nitrogens with zero attached hydrogens (tertiary/aromatic N) is 2. The van der Waals surface area contributed by atoms with Crippen molar-refractivity contribution in [1.82, 2.24) is 14.9 Å². The molecule has 0 unspecified atom stereocenters. The van der Waals surface area contributed by atoms with Gasteiger partial charge in [0.2, 0.25) is 0 Å². The summed E-state index contributed by atoms with van der Waals surface area (Å²) < 4.78 is 13.5. The highest BCUT2D eigenvalue weighted by Crippen LogP contribution is 2.27. The second-order valence-corrected chi connectivity index (χ2v) is 8.31. The lowest BCUT2D eigenvalue weighted by Crippen LogP contribution is -2.47. The topological polar surface area (TPSA) is 113 Å². The van der Waals surface area contributed by atoms with E-state index >= 15 is 0 Å². The van der Waals surface area contributed by atoms with Gasteiger partial charge in [-0.2, -0.15) is 0 Å². The van der Waals surface area contributed by atoms with Crippen molar-refractivity contribution in [3.8, 4) is 0 Å². The molecule has 0 bridgehead atoms. The SMILES string of the molecule is Fc1ccc2[nH]cc(CCN3CCN(c4cccc5[nH]ccc45)CC3)c2c1.O=C(O)/C=C/C(=O)O. The summed E-state index contributed by atoms with van der Waals surface area (Å²) >= 11 is 0. The molecule has 1 aliphatic heterocycles. The van der Waals surface area contributed by atoms with Crippen LogP contribution in [-0.2, 0) is 16.0 Å². The Morgan fingerprint density at radius 3 is 2.34 bits per heavy atom. The Labute approximate surface area is 201 Å². The number of benzene rings is 2. The van der Waals surface area contributed by atoms with E-state index in [1.807, 2.05) is 18.5 Å². The van der Waals surface area contributed by atoms with Crippen LogP contribution in [0.15, 0.2) is 67.0 Å². The molecule has 2 aromatic carbocycles. The molecule has 0 spiro atoms. The third kappa shape index (κ3) is 6.07. The predicted molar refractivity (Wildman–Crippen MR) is 133 cm³/mol. The van der Waals surface area contributed by atoms with Crippen molar-refractivity contribution in [2.24, 2.45) is 0 Å². The van der Waals surface area contributed by atoms with Gasteiger partial charge >= 0.3 is 11.9 Å². The number of carbonyl (C=O) groups is 2. The lowest BCUT2D eigenvalue weighted by Gasteiger charge is -2.36. The van der Waals surface area contributed by atoms with Crippen LogP contribution >= 0.6 is 0 Å². The van der Waals surface area contributed by atoms with Crippen molar-refractivity contribution in [1.29, 1.82) is 0 Å². The minimum atomic E-state index is -1.26. The molecule has 4 aromatic rings. The van der Waals surface area contributed by atoms with Gasteiger partial charge in [-0.25, -0.2) is 14.0 Å². The number of nitrogens with one attached hydrogen (secondary N) is 2. The normalized spacial score (nSPS) is 14.4.